The van der Waals surface area contributed by atoms with Crippen molar-refractivity contribution >= 4 is 35.6 Å². The van der Waals surface area contributed by atoms with E-state index >= 15 is 0 Å². The number of nitrogens with zero attached hydrogens (tertiary/aromatic N) is 2. The zero-order valence-corrected chi connectivity index (χ0v) is 24.4. The van der Waals surface area contributed by atoms with E-state index in [1.54, 1.807) is 24.4 Å². The fourth-order valence-electron chi connectivity index (χ4n) is 5.31. The van der Waals surface area contributed by atoms with E-state index in [4.69, 9.17) is 4.74 Å². The van der Waals surface area contributed by atoms with Gasteiger partial charge in [0, 0.05) is 32.2 Å². The number of fused-ring (bicyclic) bond motifs is 1. The summed E-state index contributed by atoms with van der Waals surface area (Å²) in [4.78, 5) is 51.6. The number of nitrogens with one attached hydrogen (secondary N) is 2. The average Bonchev–Trinajstić information content (AvgIpc) is 3.44. The van der Waals surface area contributed by atoms with Crippen molar-refractivity contribution in [3.63, 3.8) is 0 Å². The number of hydrogen-bond acceptors (Lipinski definition) is 7. The standard InChI is InChI=1S/C33H40N4O6/c38-28-12-6-5-10-26(28)35-30(39)14-7-8-15-31(40)36-34-22-24-18-20-25(21-19-24)23-37-27-11-9-13-29(27)43-33(42)17-4-2-1-3-16-32(37)41/h1-2,5-6,10,12,18-22,27,29,38H,3-4,7-9,11,13-17,23H2,(H,35,39)(H,36,40)/b2-1+,34-22+/t27-,29-/m0/s1. The van der Waals surface area contributed by atoms with Crippen LogP contribution in [0.4, 0.5) is 5.69 Å². The van der Waals surface area contributed by atoms with E-state index in [0.717, 1.165) is 30.4 Å². The molecule has 1 heterocycles. The van der Waals surface area contributed by atoms with Gasteiger partial charge in [-0.05, 0) is 68.2 Å². The normalized spacial score (nSPS) is 20.0. The Morgan fingerprint density at radius 2 is 1.67 bits per heavy atom. The van der Waals surface area contributed by atoms with Gasteiger partial charge in [-0.1, -0.05) is 48.6 Å². The number of carbonyl (C=O) groups excluding carboxylic acids is 4. The van der Waals surface area contributed by atoms with E-state index in [2.05, 4.69) is 15.8 Å². The third kappa shape index (κ3) is 10.1. The summed E-state index contributed by atoms with van der Waals surface area (Å²) in [7, 11) is 0. The lowest BCUT2D eigenvalue weighted by Crippen LogP contribution is -2.45. The first-order chi connectivity index (χ1) is 20.9. The molecule has 1 aliphatic carbocycles. The first kappa shape index (κ1) is 31.5. The zero-order valence-electron chi connectivity index (χ0n) is 24.4. The van der Waals surface area contributed by atoms with Crippen molar-refractivity contribution in [1.82, 2.24) is 10.3 Å². The zero-order chi connectivity index (χ0) is 30.4. The molecule has 1 fully saturated rings. The minimum atomic E-state index is -0.268. The van der Waals surface area contributed by atoms with E-state index < -0.39 is 0 Å². The number of para-hydroxylation sites is 2. The lowest BCUT2D eigenvalue weighted by Gasteiger charge is -2.33. The van der Waals surface area contributed by atoms with Crippen LogP contribution in [0, 0.1) is 0 Å². The second-order valence-corrected chi connectivity index (χ2v) is 10.9. The summed E-state index contributed by atoms with van der Waals surface area (Å²) in [6, 6.07) is 14.0. The second kappa shape index (κ2) is 16.2. The minimum Gasteiger partial charge on any atom is -0.506 e. The molecule has 228 valence electrons. The van der Waals surface area contributed by atoms with Crippen LogP contribution in [0.1, 0.15) is 81.8 Å². The van der Waals surface area contributed by atoms with E-state index in [1.165, 1.54) is 6.07 Å². The summed E-state index contributed by atoms with van der Waals surface area (Å²) in [5.41, 5.74) is 4.63. The Labute approximate surface area is 252 Å². The molecule has 2 atom stereocenters. The van der Waals surface area contributed by atoms with Gasteiger partial charge in [-0.15, -0.1) is 0 Å². The minimum absolute atomic E-state index is 0.0101. The molecule has 10 heteroatoms. The number of esters is 1. The van der Waals surface area contributed by atoms with Gasteiger partial charge in [-0.2, -0.15) is 5.10 Å². The fourth-order valence-corrected chi connectivity index (χ4v) is 5.31. The summed E-state index contributed by atoms with van der Waals surface area (Å²) in [5, 5.41) is 16.4. The van der Waals surface area contributed by atoms with Crippen LogP contribution >= 0.6 is 0 Å². The number of amides is 3. The summed E-state index contributed by atoms with van der Waals surface area (Å²) in [6.07, 6.45) is 11.3. The Morgan fingerprint density at radius 3 is 2.44 bits per heavy atom. The number of hydrogen-bond donors (Lipinski definition) is 3. The Bertz CT molecular complexity index is 1320. The lowest BCUT2D eigenvalue weighted by molar-refractivity contribution is -0.155. The molecule has 0 radical (unpaired) electrons. The molecule has 0 bridgehead atoms. The molecule has 3 amide bonds. The van der Waals surface area contributed by atoms with E-state index in [9.17, 15) is 24.3 Å². The summed E-state index contributed by atoms with van der Waals surface area (Å²) < 4.78 is 5.77. The lowest BCUT2D eigenvalue weighted by atomic mass is 10.1. The second-order valence-electron chi connectivity index (χ2n) is 10.9. The van der Waals surface area contributed by atoms with E-state index in [1.807, 2.05) is 41.3 Å². The Balaban J connectivity index is 1.22. The smallest absolute Gasteiger partial charge is 0.306 e. The maximum Gasteiger partial charge on any atom is 0.306 e. The molecule has 1 saturated carbocycles. The molecule has 2 aromatic carbocycles. The maximum absolute atomic E-state index is 13.2. The molecule has 10 nitrogen and oxygen atoms in total. The summed E-state index contributed by atoms with van der Waals surface area (Å²) in [6.45, 7) is 0.431. The van der Waals surface area contributed by atoms with Gasteiger partial charge in [-0.25, -0.2) is 5.43 Å². The van der Waals surface area contributed by atoms with E-state index in [-0.39, 0.29) is 54.4 Å². The van der Waals surface area contributed by atoms with Crippen molar-refractivity contribution in [2.75, 3.05) is 5.32 Å². The third-order valence-electron chi connectivity index (χ3n) is 7.60. The molecular weight excluding hydrogens is 548 g/mol. The highest BCUT2D eigenvalue weighted by molar-refractivity contribution is 5.92. The van der Waals surface area contributed by atoms with Gasteiger partial charge in [0.25, 0.3) is 0 Å². The average molecular weight is 589 g/mol. The SMILES string of the molecule is O=C(CCCCC(=O)Nc1ccccc1O)N/N=C/c1ccc(CN2C(=O)CC/C=C/CCC(=O)O[C@H]3CCC[C@@H]32)cc1. The van der Waals surface area contributed by atoms with Crippen molar-refractivity contribution in [2.45, 2.75) is 89.3 Å². The van der Waals surface area contributed by atoms with E-state index in [0.29, 0.717) is 50.8 Å². The van der Waals surface area contributed by atoms with Gasteiger partial charge in [0.15, 0.2) is 0 Å². The molecule has 3 N–H and O–H groups in total. The van der Waals surface area contributed by atoms with Crippen LogP contribution < -0.4 is 10.7 Å². The Morgan fingerprint density at radius 1 is 0.953 bits per heavy atom. The number of unbranched alkanes of at least 4 members (excludes halogenated alkanes) is 1. The van der Waals surface area contributed by atoms with Crippen LogP contribution in [-0.2, 0) is 30.5 Å². The maximum atomic E-state index is 13.2. The van der Waals surface area contributed by atoms with Crippen LogP contribution in [0.15, 0.2) is 65.8 Å². The molecule has 0 unspecified atom stereocenters. The van der Waals surface area contributed by atoms with Gasteiger partial charge in [0.1, 0.15) is 11.9 Å². The van der Waals surface area contributed by atoms with Crippen LogP contribution in [0.2, 0.25) is 0 Å². The number of aromatic hydroxyl groups is 1. The largest absolute Gasteiger partial charge is 0.506 e. The topological polar surface area (TPSA) is 137 Å². The van der Waals surface area contributed by atoms with Crippen molar-refractivity contribution in [3.8, 4) is 5.75 Å². The molecule has 4 rings (SSSR count). The van der Waals surface area contributed by atoms with Gasteiger partial charge in [0.2, 0.25) is 17.7 Å². The summed E-state index contributed by atoms with van der Waals surface area (Å²) >= 11 is 0. The van der Waals surface area contributed by atoms with Gasteiger partial charge in [-0.3, -0.25) is 19.2 Å². The van der Waals surface area contributed by atoms with Gasteiger partial charge >= 0.3 is 5.97 Å². The number of phenolic OH excluding ortho intramolecular Hbond substituents is 1. The molecule has 43 heavy (non-hydrogen) atoms. The molecule has 0 spiro atoms. The number of ether oxygens (including phenoxy) is 1. The summed E-state index contributed by atoms with van der Waals surface area (Å²) in [5.74, 6) is -0.610. The van der Waals surface area contributed by atoms with Gasteiger partial charge in [0.05, 0.1) is 17.9 Å². The van der Waals surface area contributed by atoms with Crippen molar-refractivity contribution in [3.05, 3.63) is 71.8 Å². The number of carbonyl (C=O) groups is 4. The van der Waals surface area contributed by atoms with Crippen LogP contribution in [0.25, 0.3) is 0 Å². The predicted octanol–water partition coefficient (Wildman–Crippen LogP) is 4.96. The molecule has 1 aliphatic heterocycles. The monoisotopic (exact) mass is 588 g/mol. The fraction of sp³-hybridized carbons (Fsp3) is 0.424. The molecule has 0 aromatic heterocycles. The van der Waals surface area contributed by atoms with Crippen LogP contribution in [0.5, 0.6) is 5.75 Å². The van der Waals surface area contributed by atoms with Crippen LogP contribution in [-0.4, -0.2) is 52.1 Å². The molecular formula is C33H40N4O6. The van der Waals surface area contributed by atoms with Crippen molar-refractivity contribution in [1.29, 1.82) is 0 Å². The predicted molar refractivity (Wildman–Crippen MR) is 163 cm³/mol. The Hall–Kier alpha value is -4.47. The number of anilines is 1. The molecule has 2 aromatic rings. The third-order valence-corrected chi connectivity index (χ3v) is 7.60. The van der Waals surface area contributed by atoms with Crippen molar-refractivity contribution in [2.24, 2.45) is 5.10 Å². The number of phenols is 1. The first-order valence-electron chi connectivity index (χ1n) is 15.0. The molecule has 2 aliphatic rings. The number of allylic oxidation sites excluding steroid dienone is 2. The van der Waals surface area contributed by atoms with Crippen LogP contribution in [0.3, 0.4) is 0 Å². The number of benzene rings is 2. The number of hydrazone groups is 1. The quantitative estimate of drug-likeness (QED) is 0.0896. The Kier molecular flexibility index (Phi) is 11.9. The number of rotatable bonds is 10. The highest BCUT2D eigenvalue weighted by Gasteiger charge is 2.37. The molecule has 0 saturated heterocycles. The first-order valence-corrected chi connectivity index (χ1v) is 15.0. The van der Waals surface area contributed by atoms with Crippen molar-refractivity contribution < 1.29 is 29.0 Å². The highest BCUT2D eigenvalue weighted by Crippen LogP contribution is 2.30. The highest BCUT2D eigenvalue weighted by atomic mass is 16.5. The van der Waals surface area contributed by atoms with Gasteiger partial charge < -0.3 is 20.1 Å².